The van der Waals surface area contributed by atoms with Gasteiger partial charge in [-0.15, -0.1) is 0 Å². The molecular weight excluding hydrogens is 330 g/mol. The molecule has 1 aromatic rings. The Morgan fingerprint density at radius 3 is 2.47 bits per heavy atom. The summed E-state index contributed by atoms with van der Waals surface area (Å²) >= 11 is 3.22. The van der Waals surface area contributed by atoms with Gasteiger partial charge in [0.2, 0.25) is 0 Å². The van der Waals surface area contributed by atoms with Crippen molar-refractivity contribution in [1.29, 1.82) is 0 Å². The summed E-state index contributed by atoms with van der Waals surface area (Å²) < 4.78 is 24.2. The van der Waals surface area contributed by atoms with E-state index in [1.807, 2.05) is 13.8 Å². The molecule has 0 N–H and O–H groups in total. The lowest BCUT2D eigenvalue weighted by molar-refractivity contribution is 0.100. The molecule has 1 aromatic carbocycles. The second kappa shape index (κ2) is 5.96. The molecule has 0 saturated heterocycles. The second-order valence-corrected chi connectivity index (χ2v) is 7.14. The second-order valence-electron chi connectivity index (χ2n) is 4.39. The first kappa shape index (κ1) is 16.0. The van der Waals surface area contributed by atoms with Crippen LogP contribution in [-0.2, 0) is 9.84 Å². The highest BCUT2D eigenvalue weighted by Gasteiger charge is 2.24. The lowest BCUT2D eigenvalue weighted by Crippen LogP contribution is -2.09. The summed E-state index contributed by atoms with van der Waals surface area (Å²) in [6, 6.07) is 3.25. The maximum absolute atomic E-state index is 12.0. The summed E-state index contributed by atoms with van der Waals surface area (Å²) in [4.78, 5) is 15.1. The number of sulfone groups is 1. The highest BCUT2D eigenvalue weighted by atomic mass is 79.9. The fourth-order valence-corrected chi connectivity index (χ4v) is 4.35. The first-order chi connectivity index (χ1) is 8.73. The van der Waals surface area contributed by atoms with E-state index >= 15 is 0 Å². The number of nitrogens with zero attached hydrogens (tertiary/aromatic N) is 1. The van der Waals surface area contributed by atoms with Crippen LogP contribution in [0.25, 0.3) is 0 Å². The van der Waals surface area contributed by atoms with Gasteiger partial charge in [-0.3, -0.25) is 4.79 Å². The van der Waals surface area contributed by atoms with Crippen molar-refractivity contribution >= 4 is 38.4 Å². The van der Waals surface area contributed by atoms with Crippen LogP contribution in [-0.4, -0.2) is 27.3 Å². The van der Waals surface area contributed by atoms with E-state index in [2.05, 4.69) is 27.6 Å². The van der Waals surface area contributed by atoms with Gasteiger partial charge in [-0.2, -0.15) is 0 Å². The number of hydrogen-bond acceptors (Lipinski definition) is 3. The molecule has 0 aliphatic carbocycles. The van der Waals surface area contributed by atoms with Crippen LogP contribution in [0, 0.1) is 0 Å². The average Bonchev–Trinajstić information content (AvgIpc) is 2.34. The van der Waals surface area contributed by atoms with Crippen molar-refractivity contribution in [3.63, 3.8) is 0 Å². The summed E-state index contributed by atoms with van der Waals surface area (Å²) in [5.41, 5.74) is 0.917. The molecule has 0 saturated carbocycles. The molecule has 0 aliphatic heterocycles. The van der Waals surface area contributed by atoms with Gasteiger partial charge in [-0.05, 0) is 46.6 Å². The molecule has 104 valence electrons. The summed E-state index contributed by atoms with van der Waals surface area (Å²) in [7, 11) is -3.44. The van der Waals surface area contributed by atoms with Crippen molar-refractivity contribution in [1.82, 2.24) is 0 Å². The molecule has 1 amide bonds. The van der Waals surface area contributed by atoms with Crippen LogP contribution in [0.5, 0.6) is 0 Å². The number of hydrogen-bond donors (Lipinski definition) is 0. The number of carbonyl (C=O) groups is 1. The number of halogens is 1. The Morgan fingerprint density at radius 1 is 1.47 bits per heavy atom. The van der Waals surface area contributed by atoms with Crippen LogP contribution in [0.15, 0.2) is 26.5 Å². The zero-order valence-electron chi connectivity index (χ0n) is 11.1. The maximum Gasteiger partial charge on any atom is 0.277 e. The van der Waals surface area contributed by atoms with E-state index < -0.39 is 15.7 Å². The topological polar surface area (TPSA) is 63.6 Å². The quantitative estimate of drug-likeness (QED) is 0.787. The van der Waals surface area contributed by atoms with Crippen molar-refractivity contribution in [3.8, 4) is 0 Å². The summed E-state index contributed by atoms with van der Waals surface area (Å²) in [5, 5.41) is 0. The summed E-state index contributed by atoms with van der Waals surface area (Å²) in [5.74, 6) is -0.464. The smallest absolute Gasteiger partial charge is 0.267 e. The highest BCUT2D eigenvalue weighted by molar-refractivity contribution is 9.10. The third-order valence-electron chi connectivity index (χ3n) is 3.02. The Morgan fingerprint density at radius 2 is 2.05 bits per heavy atom. The predicted octanol–water partition coefficient (Wildman–Crippen LogP) is 3.21. The van der Waals surface area contributed by atoms with Crippen LogP contribution in [0.4, 0.5) is 0 Å². The van der Waals surface area contributed by atoms with E-state index in [9.17, 15) is 13.2 Å². The van der Waals surface area contributed by atoms with Crippen LogP contribution in [0.1, 0.15) is 42.1 Å². The van der Waals surface area contributed by atoms with E-state index in [4.69, 9.17) is 0 Å². The van der Waals surface area contributed by atoms with Gasteiger partial charge in [0.1, 0.15) is 0 Å². The SMILES string of the molecule is C=NC(=O)c1ccc(C(C)CC)c(S(C)(=O)=O)c1Br. The van der Waals surface area contributed by atoms with Gasteiger partial charge in [0, 0.05) is 10.7 Å². The fraction of sp³-hybridized carbons (Fsp3) is 0.385. The standard InChI is InChI=1S/C13H16BrNO3S/c1-5-8(2)9-6-7-10(13(16)15-3)11(14)12(9)19(4,17)18/h6-8H,3,5H2,1-2,4H3. The van der Waals surface area contributed by atoms with Gasteiger partial charge in [-0.25, -0.2) is 13.4 Å². The van der Waals surface area contributed by atoms with Crippen molar-refractivity contribution < 1.29 is 13.2 Å². The lowest BCUT2D eigenvalue weighted by Gasteiger charge is -2.16. The van der Waals surface area contributed by atoms with Gasteiger partial charge in [0.15, 0.2) is 9.84 Å². The fourth-order valence-electron chi connectivity index (χ4n) is 1.81. The van der Waals surface area contributed by atoms with Gasteiger partial charge in [0.05, 0.1) is 10.5 Å². The third kappa shape index (κ3) is 3.30. The van der Waals surface area contributed by atoms with Crippen molar-refractivity contribution in [2.45, 2.75) is 31.1 Å². The molecule has 1 rings (SSSR count). The van der Waals surface area contributed by atoms with Crippen LogP contribution in [0.2, 0.25) is 0 Å². The molecule has 4 nitrogen and oxygen atoms in total. The zero-order valence-corrected chi connectivity index (χ0v) is 13.5. The third-order valence-corrected chi connectivity index (χ3v) is 5.28. The molecule has 1 unspecified atom stereocenters. The van der Waals surface area contributed by atoms with Crippen LogP contribution >= 0.6 is 15.9 Å². The normalized spacial score (nSPS) is 13.1. The van der Waals surface area contributed by atoms with Gasteiger partial charge in [-0.1, -0.05) is 19.9 Å². The minimum atomic E-state index is -3.44. The first-order valence-electron chi connectivity index (χ1n) is 5.77. The largest absolute Gasteiger partial charge is 0.277 e. The monoisotopic (exact) mass is 345 g/mol. The number of rotatable bonds is 4. The van der Waals surface area contributed by atoms with Crippen molar-refractivity contribution in [3.05, 3.63) is 27.7 Å². The molecule has 0 heterocycles. The number of benzene rings is 1. The Kier molecular flexibility index (Phi) is 5.04. The van der Waals surface area contributed by atoms with Crippen LogP contribution < -0.4 is 0 Å². The first-order valence-corrected chi connectivity index (χ1v) is 8.46. The highest BCUT2D eigenvalue weighted by Crippen LogP contribution is 2.34. The Hall–Kier alpha value is -1.01. The molecule has 0 aliphatic rings. The summed E-state index contributed by atoms with van der Waals surface area (Å²) in [6.07, 6.45) is 1.94. The molecule has 0 fully saturated rings. The molecule has 1 atom stereocenters. The molecule has 6 heteroatoms. The molecule has 0 bridgehead atoms. The van der Waals surface area contributed by atoms with E-state index in [1.54, 1.807) is 12.1 Å². The number of carbonyl (C=O) groups excluding carboxylic acids is 1. The molecule has 0 aromatic heterocycles. The van der Waals surface area contributed by atoms with Gasteiger partial charge in [0.25, 0.3) is 5.91 Å². The summed E-state index contributed by atoms with van der Waals surface area (Å²) in [6.45, 7) is 7.10. The Bertz CT molecular complexity index is 623. The zero-order chi connectivity index (χ0) is 14.8. The molecule has 19 heavy (non-hydrogen) atoms. The maximum atomic E-state index is 12.0. The minimum absolute atomic E-state index is 0.0851. The van der Waals surface area contributed by atoms with E-state index in [0.29, 0.717) is 5.56 Å². The average molecular weight is 346 g/mol. The van der Waals surface area contributed by atoms with Crippen molar-refractivity contribution in [2.75, 3.05) is 6.26 Å². The number of amides is 1. The van der Waals surface area contributed by atoms with Crippen LogP contribution in [0.3, 0.4) is 0 Å². The number of aliphatic imine (C=N–C) groups is 1. The van der Waals surface area contributed by atoms with E-state index in [0.717, 1.165) is 12.7 Å². The minimum Gasteiger partial charge on any atom is -0.267 e. The van der Waals surface area contributed by atoms with Gasteiger partial charge < -0.3 is 0 Å². The van der Waals surface area contributed by atoms with Crippen molar-refractivity contribution in [2.24, 2.45) is 4.99 Å². The molecular formula is C13H16BrNO3S. The van der Waals surface area contributed by atoms with E-state index in [-0.39, 0.29) is 20.8 Å². The Labute approximate surface area is 122 Å². The van der Waals surface area contributed by atoms with E-state index in [1.165, 1.54) is 0 Å². The Balaban J connectivity index is 3.69. The lowest BCUT2D eigenvalue weighted by atomic mass is 9.97. The molecule has 0 radical (unpaired) electrons. The van der Waals surface area contributed by atoms with Gasteiger partial charge >= 0.3 is 0 Å². The predicted molar refractivity (Wildman–Crippen MR) is 79.8 cm³/mol. The molecule has 0 spiro atoms.